The maximum Gasteiger partial charge on any atom is 0.0771 e. The number of aliphatic hydroxyl groups is 1. The van der Waals surface area contributed by atoms with E-state index in [-0.39, 0.29) is 0 Å². The van der Waals surface area contributed by atoms with Crippen LogP contribution in [0.1, 0.15) is 27.2 Å². The van der Waals surface area contributed by atoms with Crippen molar-refractivity contribution >= 4 is 0 Å². The van der Waals surface area contributed by atoms with E-state index in [9.17, 15) is 5.11 Å². The van der Waals surface area contributed by atoms with E-state index in [1.54, 1.807) is 19.9 Å². The SMILES string of the molecule is C=C(C)C/C=C/C(C)(C)O. The Kier molecular flexibility index (Phi) is 3.37. The lowest BCUT2D eigenvalue weighted by Crippen LogP contribution is -2.13. The molecule has 0 aromatic rings. The zero-order valence-corrected chi connectivity index (χ0v) is 7.02. The van der Waals surface area contributed by atoms with Crippen LogP contribution in [0.5, 0.6) is 0 Å². The Labute approximate surface area is 63.1 Å². The summed E-state index contributed by atoms with van der Waals surface area (Å²) in [5.74, 6) is 0. The summed E-state index contributed by atoms with van der Waals surface area (Å²) in [5, 5.41) is 9.21. The molecule has 1 nitrogen and oxygen atoms in total. The van der Waals surface area contributed by atoms with Crippen LogP contribution in [-0.2, 0) is 0 Å². The summed E-state index contributed by atoms with van der Waals surface area (Å²) in [6, 6.07) is 0. The second-order valence-electron chi connectivity index (χ2n) is 3.22. The van der Waals surface area contributed by atoms with Crippen LogP contribution in [0.3, 0.4) is 0 Å². The van der Waals surface area contributed by atoms with Gasteiger partial charge in [0.05, 0.1) is 5.60 Å². The van der Waals surface area contributed by atoms with Crippen LogP contribution >= 0.6 is 0 Å². The second-order valence-corrected chi connectivity index (χ2v) is 3.22. The van der Waals surface area contributed by atoms with Crippen LogP contribution in [-0.4, -0.2) is 10.7 Å². The normalized spacial score (nSPS) is 12.4. The first-order valence-corrected chi connectivity index (χ1v) is 3.46. The standard InChI is InChI=1S/C9H16O/c1-8(2)6-5-7-9(3,4)10/h5,7,10H,1,6H2,2-4H3/b7-5+. The van der Waals surface area contributed by atoms with Gasteiger partial charge in [-0.2, -0.15) is 0 Å². The molecule has 0 aliphatic heterocycles. The minimum Gasteiger partial charge on any atom is -0.386 e. The van der Waals surface area contributed by atoms with E-state index in [4.69, 9.17) is 0 Å². The van der Waals surface area contributed by atoms with Crippen molar-refractivity contribution in [1.29, 1.82) is 0 Å². The largest absolute Gasteiger partial charge is 0.386 e. The van der Waals surface area contributed by atoms with Crippen molar-refractivity contribution in [1.82, 2.24) is 0 Å². The van der Waals surface area contributed by atoms with Gasteiger partial charge < -0.3 is 5.11 Å². The van der Waals surface area contributed by atoms with Crippen LogP contribution in [0.15, 0.2) is 24.3 Å². The molecule has 0 atom stereocenters. The molecular formula is C9H16O. The minimum atomic E-state index is -0.685. The maximum absolute atomic E-state index is 9.21. The fourth-order valence-corrected chi connectivity index (χ4v) is 0.549. The zero-order valence-electron chi connectivity index (χ0n) is 7.02. The number of allylic oxidation sites excluding steroid dienone is 2. The van der Waals surface area contributed by atoms with Crippen LogP contribution in [0.2, 0.25) is 0 Å². The molecule has 0 saturated carbocycles. The smallest absolute Gasteiger partial charge is 0.0771 e. The summed E-state index contributed by atoms with van der Waals surface area (Å²) in [7, 11) is 0. The van der Waals surface area contributed by atoms with Gasteiger partial charge in [0.2, 0.25) is 0 Å². The van der Waals surface area contributed by atoms with Crippen LogP contribution in [0.4, 0.5) is 0 Å². The van der Waals surface area contributed by atoms with E-state index >= 15 is 0 Å². The highest BCUT2D eigenvalue weighted by atomic mass is 16.3. The van der Waals surface area contributed by atoms with E-state index in [1.165, 1.54) is 0 Å². The molecule has 0 aliphatic carbocycles. The predicted octanol–water partition coefficient (Wildman–Crippen LogP) is 2.28. The molecule has 0 radical (unpaired) electrons. The molecule has 10 heavy (non-hydrogen) atoms. The van der Waals surface area contributed by atoms with Gasteiger partial charge >= 0.3 is 0 Å². The summed E-state index contributed by atoms with van der Waals surface area (Å²) in [6.45, 7) is 9.21. The fraction of sp³-hybridized carbons (Fsp3) is 0.556. The Morgan fingerprint density at radius 2 is 2.10 bits per heavy atom. The first-order valence-electron chi connectivity index (χ1n) is 3.46. The lowest BCUT2D eigenvalue weighted by molar-refractivity contribution is 0.133. The molecule has 1 heteroatoms. The third kappa shape index (κ3) is 7.44. The van der Waals surface area contributed by atoms with E-state index < -0.39 is 5.60 Å². The third-order valence-electron chi connectivity index (χ3n) is 0.992. The van der Waals surface area contributed by atoms with Crippen LogP contribution in [0.25, 0.3) is 0 Å². The summed E-state index contributed by atoms with van der Waals surface area (Å²) < 4.78 is 0. The summed E-state index contributed by atoms with van der Waals surface area (Å²) in [4.78, 5) is 0. The Morgan fingerprint density at radius 3 is 2.40 bits per heavy atom. The summed E-state index contributed by atoms with van der Waals surface area (Å²) in [6.07, 6.45) is 4.56. The van der Waals surface area contributed by atoms with Gasteiger partial charge in [-0.15, -0.1) is 0 Å². The molecule has 0 saturated heterocycles. The van der Waals surface area contributed by atoms with Crippen LogP contribution in [0, 0.1) is 0 Å². The van der Waals surface area contributed by atoms with Gasteiger partial charge in [0.15, 0.2) is 0 Å². The molecular weight excluding hydrogens is 124 g/mol. The molecule has 0 aromatic carbocycles. The van der Waals surface area contributed by atoms with Gasteiger partial charge in [0, 0.05) is 0 Å². The van der Waals surface area contributed by atoms with Gasteiger partial charge in [0.1, 0.15) is 0 Å². The average molecular weight is 140 g/mol. The van der Waals surface area contributed by atoms with Crippen molar-refractivity contribution in [3.05, 3.63) is 24.3 Å². The Hall–Kier alpha value is -0.560. The summed E-state index contributed by atoms with van der Waals surface area (Å²) in [5.41, 5.74) is 0.427. The molecule has 58 valence electrons. The van der Waals surface area contributed by atoms with Crippen LogP contribution < -0.4 is 0 Å². The third-order valence-corrected chi connectivity index (χ3v) is 0.992. The first kappa shape index (κ1) is 9.44. The molecule has 0 aliphatic rings. The van der Waals surface area contributed by atoms with Gasteiger partial charge in [-0.3, -0.25) is 0 Å². The lowest BCUT2D eigenvalue weighted by Gasteiger charge is -2.09. The highest BCUT2D eigenvalue weighted by Crippen LogP contribution is 2.05. The van der Waals surface area contributed by atoms with Crippen molar-refractivity contribution in [3.8, 4) is 0 Å². The Balaban J connectivity index is 3.67. The fourth-order valence-electron chi connectivity index (χ4n) is 0.549. The minimum absolute atomic E-state index is 0.685. The lowest BCUT2D eigenvalue weighted by atomic mass is 10.1. The van der Waals surface area contributed by atoms with Gasteiger partial charge in [0.25, 0.3) is 0 Å². The number of rotatable bonds is 3. The van der Waals surface area contributed by atoms with Crippen molar-refractivity contribution < 1.29 is 5.11 Å². The van der Waals surface area contributed by atoms with Gasteiger partial charge in [-0.25, -0.2) is 0 Å². The topological polar surface area (TPSA) is 20.2 Å². The van der Waals surface area contributed by atoms with Crippen molar-refractivity contribution in [2.75, 3.05) is 0 Å². The molecule has 0 unspecified atom stereocenters. The monoisotopic (exact) mass is 140 g/mol. The molecule has 0 rings (SSSR count). The van der Waals surface area contributed by atoms with Gasteiger partial charge in [-0.05, 0) is 27.2 Å². The maximum atomic E-state index is 9.21. The van der Waals surface area contributed by atoms with E-state index in [0.717, 1.165) is 12.0 Å². The van der Waals surface area contributed by atoms with Crippen molar-refractivity contribution in [2.24, 2.45) is 0 Å². The number of hydrogen-bond donors (Lipinski definition) is 1. The molecule has 0 aromatic heterocycles. The van der Waals surface area contributed by atoms with Gasteiger partial charge in [-0.1, -0.05) is 24.3 Å². The predicted molar refractivity (Wildman–Crippen MR) is 44.9 cm³/mol. The number of hydrogen-bond acceptors (Lipinski definition) is 1. The van der Waals surface area contributed by atoms with Crippen molar-refractivity contribution in [3.63, 3.8) is 0 Å². The van der Waals surface area contributed by atoms with E-state index in [0.29, 0.717) is 0 Å². The first-order chi connectivity index (χ1) is 4.42. The molecule has 0 heterocycles. The zero-order chi connectivity index (χ0) is 8.20. The second kappa shape index (κ2) is 3.57. The summed E-state index contributed by atoms with van der Waals surface area (Å²) >= 11 is 0. The highest BCUT2D eigenvalue weighted by Gasteiger charge is 2.04. The molecule has 1 N–H and O–H groups in total. The van der Waals surface area contributed by atoms with Crippen molar-refractivity contribution in [2.45, 2.75) is 32.8 Å². The Bertz CT molecular complexity index is 137. The van der Waals surface area contributed by atoms with E-state index in [1.807, 2.05) is 13.0 Å². The molecule has 0 fully saturated rings. The molecule has 0 amide bonds. The molecule has 0 bridgehead atoms. The quantitative estimate of drug-likeness (QED) is 0.596. The highest BCUT2D eigenvalue weighted by molar-refractivity contribution is 5.03. The van der Waals surface area contributed by atoms with E-state index in [2.05, 4.69) is 6.58 Å². The molecule has 0 spiro atoms. The Morgan fingerprint density at radius 1 is 1.60 bits per heavy atom. The average Bonchev–Trinajstić information content (AvgIpc) is 1.59.